The van der Waals surface area contributed by atoms with Crippen molar-refractivity contribution < 1.29 is 0 Å². The van der Waals surface area contributed by atoms with Gasteiger partial charge in [-0.15, -0.1) is 0 Å². The Hall–Kier alpha value is -3.14. The number of fused-ring (bicyclic) bond motifs is 1. The summed E-state index contributed by atoms with van der Waals surface area (Å²) in [6, 6.07) is 11.0. The minimum absolute atomic E-state index is 0.314. The van der Waals surface area contributed by atoms with Gasteiger partial charge in [-0.25, -0.2) is 19.3 Å². The summed E-state index contributed by atoms with van der Waals surface area (Å²) in [5.74, 6) is 0.626. The average Bonchev–Trinajstić information content (AvgIpc) is 2.87. The minimum atomic E-state index is -0.314. The summed E-state index contributed by atoms with van der Waals surface area (Å²) < 4.78 is 1.33. The standard InChI is InChI=1S/C13H10N6O/c14-6-9-1-3-10(4-2-9)7-15-11-5-12-17-18-13(20)19(12)8-16-11/h1-5,8,15H,7H2,(H,18,20). The van der Waals surface area contributed by atoms with Crippen molar-refractivity contribution in [1.29, 1.82) is 5.26 Å². The van der Waals surface area contributed by atoms with Crippen molar-refractivity contribution in [3.8, 4) is 6.07 Å². The molecule has 3 aromatic rings. The molecule has 3 rings (SSSR count). The van der Waals surface area contributed by atoms with E-state index in [0.29, 0.717) is 23.6 Å². The minimum Gasteiger partial charge on any atom is -0.366 e. The van der Waals surface area contributed by atoms with Gasteiger partial charge in [-0.2, -0.15) is 10.4 Å². The number of aromatic amines is 1. The Morgan fingerprint density at radius 3 is 2.90 bits per heavy atom. The van der Waals surface area contributed by atoms with Crippen molar-refractivity contribution in [2.24, 2.45) is 0 Å². The second kappa shape index (κ2) is 4.85. The number of aromatic nitrogens is 4. The summed E-state index contributed by atoms with van der Waals surface area (Å²) in [5.41, 5.74) is 1.85. The molecule has 0 radical (unpaired) electrons. The number of nitriles is 1. The second-order valence-electron chi connectivity index (χ2n) is 4.19. The summed E-state index contributed by atoms with van der Waals surface area (Å²) in [7, 11) is 0. The lowest BCUT2D eigenvalue weighted by molar-refractivity contribution is 0.990. The van der Waals surface area contributed by atoms with Gasteiger partial charge in [-0.3, -0.25) is 0 Å². The fourth-order valence-electron chi connectivity index (χ4n) is 1.80. The van der Waals surface area contributed by atoms with Crippen molar-refractivity contribution in [3.63, 3.8) is 0 Å². The van der Waals surface area contributed by atoms with Crippen LogP contribution in [0, 0.1) is 11.3 Å². The molecule has 0 saturated heterocycles. The number of benzene rings is 1. The molecule has 0 unspecified atom stereocenters. The molecular weight excluding hydrogens is 256 g/mol. The van der Waals surface area contributed by atoms with Crippen LogP contribution in [0.1, 0.15) is 11.1 Å². The maximum atomic E-state index is 11.3. The zero-order valence-electron chi connectivity index (χ0n) is 10.4. The zero-order valence-corrected chi connectivity index (χ0v) is 10.4. The van der Waals surface area contributed by atoms with Crippen LogP contribution in [-0.4, -0.2) is 19.6 Å². The van der Waals surface area contributed by atoms with Gasteiger partial charge < -0.3 is 5.32 Å². The molecular formula is C13H10N6O. The SMILES string of the molecule is N#Cc1ccc(CNc2cc3n[nH]c(=O)n3cn2)cc1. The number of nitrogens with one attached hydrogen (secondary N) is 2. The molecule has 0 spiro atoms. The van der Waals surface area contributed by atoms with E-state index in [2.05, 4.69) is 26.6 Å². The number of hydrogen-bond acceptors (Lipinski definition) is 5. The first-order valence-electron chi connectivity index (χ1n) is 5.92. The zero-order chi connectivity index (χ0) is 13.9. The predicted molar refractivity (Wildman–Crippen MR) is 72.1 cm³/mol. The predicted octanol–water partition coefficient (Wildman–Crippen LogP) is 0.901. The van der Waals surface area contributed by atoms with Crippen LogP contribution < -0.4 is 11.0 Å². The summed E-state index contributed by atoms with van der Waals surface area (Å²) in [4.78, 5) is 15.4. The number of hydrogen-bond donors (Lipinski definition) is 2. The monoisotopic (exact) mass is 266 g/mol. The maximum absolute atomic E-state index is 11.3. The number of anilines is 1. The van der Waals surface area contributed by atoms with Gasteiger partial charge in [0.1, 0.15) is 12.1 Å². The summed E-state index contributed by atoms with van der Waals surface area (Å²) in [5, 5.41) is 18.1. The van der Waals surface area contributed by atoms with Gasteiger partial charge in [0, 0.05) is 12.6 Å². The molecule has 7 nitrogen and oxygen atoms in total. The highest BCUT2D eigenvalue weighted by Gasteiger charge is 2.02. The Labute approximate surface area is 113 Å². The molecule has 0 atom stereocenters. The lowest BCUT2D eigenvalue weighted by atomic mass is 10.1. The van der Waals surface area contributed by atoms with E-state index in [1.54, 1.807) is 18.2 Å². The third kappa shape index (κ3) is 2.22. The molecule has 1 aromatic carbocycles. The van der Waals surface area contributed by atoms with E-state index in [-0.39, 0.29) is 5.69 Å². The fraction of sp³-hybridized carbons (Fsp3) is 0.0769. The maximum Gasteiger partial charge on any atom is 0.348 e. The molecule has 0 aliphatic carbocycles. The Bertz CT molecular complexity index is 840. The molecule has 7 heteroatoms. The summed E-state index contributed by atoms with van der Waals surface area (Å²) in [6.07, 6.45) is 1.42. The summed E-state index contributed by atoms with van der Waals surface area (Å²) >= 11 is 0. The Kier molecular flexibility index (Phi) is 2.89. The van der Waals surface area contributed by atoms with Gasteiger partial charge >= 0.3 is 5.69 Å². The van der Waals surface area contributed by atoms with Crippen LogP contribution in [-0.2, 0) is 6.54 Å². The van der Waals surface area contributed by atoms with E-state index in [0.717, 1.165) is 5.56 Å². The number of H-pyrrole nitrogens is 1. The van der Waals surface area contributed by atoms with Crippen LogP contribution in [0.15, 0.2) is 41.5 Å². The van der Waals surface area contributed by atoms with E-state index in [4.69, 9.17) is 5.26 Å². The van der Waals surface area contributed by atoms with Gasteiger partial charge in [0.05, 0.1) is 11.6 Å². The lowest BCUT2D eigenvalue weighted by Crippen LogP contribution is -2.10. The highest BCUT2D eigenvalue weighted by molar-refractivity contribution is 5.48. The molecule has 98 valence electrons. The smallest absolute Gasteiger partial charge is 0.348 e. The second-order valence-corrected chi connectivity index (χ2v) is 4.19. The normalized spacial score (nSPS) is 10.3. The van der Waals surface area contributed by atoms with Crippen LogP contribution in [0.3, 0.4) is 0 Å². The first-order chi connectivity index (χ1) is 9.76. The first-order valence-corrected chi connectivity index (χ1v) is 5.92. The molecule has 0 bridgehead atoms. The van der Waals surface area contributed by atoms with Gasteiger partial charge in [0.25, 0.3) is 0 Å². The third-order valence-electron chi connectivity index (χ3n) is 2.87. The molecule has 0 aliphatic rings. The molecule has 0 amide bonds. The van der Waals surface area contributed by atoms with Crippen molar-refractivity contribution >= 4 is 11.5 Å². The van der Waals surface area contributed by atoms with Crippen LogP contribution in [0.25, 0.3) is 5.65 Å². The Morgan fingerprint density at radius 1 is 1.35 bits per heavy atom. The van der Waals surface area contributed by atoms with Gasteiger partial charge in [-0.05, 0) is 17.7 Å². The van der Waals surface area contributed by atoms with Gasteiger partial charge in [-0.1, -0.05) is 12.1 Å². The molecule has 2 aromatic heterocycles. The molecule has 0 saturated carbocycles. The number of rotatable bonds is 3. The largest absolute Gasteiger partial charge is 0.366 e. The van der Waals surface area contributed by atoms with Crippen LogP contribution in [0.4, 0.5) is 5.82 Å². The van der Waals surface area contributed by atoms with E-state index in [9.17, 15) is 4.79 Å². The Morgan fingerprint density at radius 2 is 2.15 bits per heavy atom. The topological polar surface area (TPSA) is 98.9 Å². The van der Waals surface area contributed by atoms with Crippen molar-refractivity contribution in [2.45, 2.75) is 6.54 Å². The molecule has 0 fully saturated rings. The molecule has 2 heterocycles. The number of nitrogens with zero attached hydrogens (tertiary/aromatic N) is 4. The Balaban J connectivity index is 1.76. The summed E-state index contributed by atoms with van der Waals surface area (Å²) in [6.45, 7) is 0.573. The van der Waals surface area contributed by atoms with E-state index in [1.807, 2.05) is 12.1 Å². The highest BCUT2D eigenvalue weighted by atomic mass is 16.1. The molecule has 20 heavy (non-hydrogen) atoms. The van der Waals surface area contributed by atoms with Crippen LogP contribution in [0.2, 0.25) is 0 Å². The van der Waals surface area contributed by atoms with Crippen molar-refractivity contribution in [3.05, 3.63) is 58.3 Å². The lowest BCUT2D eigenvalue weighted by Gasteiger charge is -2.05. The third-order valence-corrected chi connectivity index (χ3v) is 2.87. The highest BCUT2D eigenvalue weighted by Crippen LogP contribution is 2.08. The van der Waals surface area contributed by atoms with E-state index < -0.39 is 0 Å². The van der Waals surface area contributed by atoms with Crippen LogP contribution >= 0.6 is 0 Å². The van der Waals surface area contributed by atoms with Crippen molar-refractivity contribution in [2.75, 3.05) is 5.32 Å². The molecule has 2 N–H and O–H groups in total. The van der Waals surface area contributed by atoms with Crippen LogP contribution in [0.5, 0.6) is 0 Å². The van der Waals surface area contributed by atoms with Crippen molar-refractivity contribution in [1.82, 2.24) is 19.6 Å². The van der Waals surface area contributed by atoms with E-state index >= 15 is 0 Å². The first kappa shape index (κ1) is 11.9. The van der Waals surface area contributed by atoms with E-state index in [1.165, 1.54) is 10.7 Å². The van der Waals surface area contributed by atoms with Gasteiger partial charge in [0.15, 0.2) is 5.65 Å². The molecule has 0 aliphatic heterocycles. The average molecular weight is 266 g/mol. The van der Waals surface area contributed by atoms with Gasteiger partial charge in [0.2, 0.25) is 0 Å². The fourth-order valence-corrected chi connectivity index (χ4v) is 1.80. The quantitative estimate of drug-likeness (QED) is 0.733.